The summed E-state index contributed by atoms with van der Waals surface area (Å²) in [6.07, 6.45) is 3.00. The van der Waals surface area contributed by atoms with E-state index in [1.807, 2.05) is 31.2 Å². The van der Waals surface area contributed by atoms with Crippen LogP contribution in [0, 0.1) is 6.92 Å². The summed E-state index contributed by atoms with van der Waals surface area (Å²) in [7, 11) is -4.05. The number of aliphatic carboxylic acids is 1. The van der Waals surface area contributed by atoms with Gasteiger partial charge in [-0.05, 0) is 69.3 Å². The number of hydrogen-bond donors (Lipinski definition) is 3. The Morgan fingerprint density at radius 1 is 1.13 bits per heavy atom. The van der Waals surface area contributed by atoms with Gasteiger partial charge < -0.3 is 15.8 Å². The fourth-order valence-electron chi connectivity index (χ4n) is 5.10. The van der Waals surface area contributed by atoms with Crippen LogP contribution in [0.5, 0.6) is 0 Å². The number of carbonyl (C=O) groups is 3. The number of unbranched alkanes of at least 4 members (excludes halogenated alkanes) is 1. The van der Waals surface area contributed by atoms with Gasteiger partial charge in [-0.1, -0.05) is 35.9 Å². The van der Waals surface area contributed by atoms with Gasteiger partial charge in [0.2, 0.25) is 21.8 Å². The SMILES string of the molecule is Cc1ccc(S(=O)(=O)N2CCC[C@H]2C(=O)N(C(=O)Cc2c[nH]c3ccccc23)[C@@H](CCCCN)C(=O)O)cc1. The largest absolute Gasteiger partial charge is 0.480 e. The van der Waals surface area contributed by atoms with Gasteiger partial charge in [-0.25, -0.2) is 13.2 Å². The van der Waals surface area contributed by atoms with E-state index in [1.54, 1.807) is 18.3 Å². The first-order valence-electron chi connectivity index (χ1n) is 13.1. The van der Waals surface area contributed by atoms with E-state index in [1.165, 1.54) is 12.1 Å². The number of amides is 2. The van der Waals surface area contributed by atoms with Crippen LogP contribution < -0.4 is 5.73 Å². The van der Waals surface area contributed by atoms with Gasteiger partial charge in [-0.3, -0.25) is 14.5 Å². The van der Waals surface area contributed by atoms with Gasteiger partial charge in [0.05, 0.1) is 11.3 Å². The monoisotopic (exact) mass is 554 g/mol. The quantitative estimate of drug-likeness (QED) is 0.308. The van der Waals surface area contributed by atoms with E-state index >= 15 is 0 Å². The third-order valence-corrected chi connectivity index (χ3v) is 9.09. The van der Waals surface area contributed by atoms with E-state index in [0.29, 0.717) is 31.4 Å². The van der Waals surface area contributed by atoms with Crippen molar-refractivity contribution in [1.29, 1.82) is 0 Å². The minimum Gasteiger partial charge on any atom is -0.480 e. The number of imide groups is 1. The number of H-pyrrole nitrogens is 1. The van der Waals surface area contributed by atoms with Crippen molar-refractivity contribution in [2.45, 2.75) is 62.4 Å². The number of hydrogen-bond acceptors (Lipinski definition) is 6. The van der Waals surface area contributed by atoms with Crippen LogP contribution in [0.3, 0.4) is 0 Å². The number of nitrogens with zero attached hydrogens (tertiary/aromatic N) is 2. The van der Waals surface area contributed by atoms with Crippen molar-refractivity contribution in [1.82, 2.24) is 14.2 Å². The molecule has 39 heavy (non-hydrogen) atoms. The lowest BCUT2D eigenvalue weighted by molar-refractivity contribution is -0.159. The van der Waals surface area contributed by atoms with E-state index in [2.05, 4.69) is 4.98 Å². The number of carbonyl (C=O) groups excluding carboxylic acids is 2. The van der Waals surface area contributed by atoms with Crippen molar-refractivity contribution in [2.75, 3.05) is 13.1 Å². The molecule has 0 bridgehead atoms. The maximum Gasteiger partial charge on any atom is 0.326 e. The number of aromatic nitrogens is 1. The molecule has 0 saturated carbocycles. The van der Waals surface area contributed by atoms with Crippen LogP contribution in [0.15, 0.2) is 59.6 Å². The fourth-order valence-corrected chi connectivity index (χ4v) is 6.75. The second-order valence-electron chi connectivity index (χ2n) is 9.86. The van der Waals surface area contributed by atoms with Crippen LogP contribution in [-0.2, 0) is 30.8 Å². The van der Waals surface area contributed by atoms with Crippen LogP contribution in [0.1, 0.15) is 43.2 Å². The molecule has 3 aromatic rings. The molecule has 0 aliphatic carbocycles. The highest BCUT2D eigenvalue weighted by molar-refractivity contribution is 7.89. The van der Waals surface area contributed by atoms with Gasteiger partial charge in [0, 0.05) is 23.6 Å². The average Bonchev–Trinajstić information content (AvgIpc) is 3.56. The third kappa shape index (κ3) is 6.05. The molecule has 2 aromatic carbocycles. The Morgan fingerprint density at radius 2 is 1.85 bits per heavy atom. The maximum atomic E-state index is 14.0. The molecule has 4 rings (SSSR count). The van der Waals surface area contributed by atoms with Crippen molar-refractivity contribution in [2.24, 2.45) is 5.73 Å². The van der Waals surface area contributed by atoms with E-state index in [0.717, 1.165) is 25.7 Å². The summed E-state index contributed by atoms with van der Waals surface area (Å²) in [4.78, 5) is 44.0. The summed E-state index contributed by atoms with van der Waals surface area (Å²) >= 11 is 0. The van der Waals surface area contributed by atoms with Gasteiger partial charge in [0.25, 0.3) is 0 Å². The van der Waals surface area contributed by atoms with E-state index in [9.17, 15) is 27.9 Å². The molecule has 2 atom stereocenters. The van der Waals surface area contributed by atoms with Crippen LogP contribution in [-0.4, -0.2) is 70.7 Å². The number of carboxylic acid groups (broad SMARTS) is 1. The van der Waals surface area contributed by atoms with Crippen LogP contribution in [0.4, 0.5) is 0 Å². The summed E-state index contributed by atoms with van der Waals surface area (Å²) in [5.41, 5.74) is 7.90. The maximum absolute atomic E-state index is 14.0. The zero-order chi connectivity index (χ0) is 28.2. The highest BCUT2D eigenvalue weighted by Crippen LogP contribution is 2.29. The first-order chi connectivity index (χ1) is 18.6. The lowest BCUT2D eigenvalue weighted by Gasteiger charge is -2.32. The van der Waals surface area contributed by atoms with Gasteiger partial charge in [0.1, 0.15) is 12.1 Å². The molecule has 2 heterocycles. The van der Waals surface area contributed by atoms with Crippen molar-refractivity contribution >= 4 is 38.7 Å². The van der Waals surface area contributed by atoms with E-state index in [4.69, 9.17) is 5.73 Å². The topological polar surface area (TPSA) is 154 Å². The Kier molecular flexibility index (Phi) is 8.83. The lowest BCUT2D eigenvalue weighted by atomic mass is 10.0. The Balaban J connectivity index is 1.68. The van der Waals surface area contributed by atoms with Gasteiger partial charge >= 0.3 is 5.97 Å². The van der Waals surface area contributed by atoms with Crippen LogP contribution in [0.25, 0.3) is 10.9 Å². The van der Waals surface area contributed by atoms with Crippen LogP contribution in [0.2, 0.25) is 0 Å². The Hall–Kier alpha value is -3.54. The minimum atomic E-state index is -4.05. The fraction of sp³-hybridized carbons (Fsp3) is 0.393. The van der Waals surface area contributed by atoms with Crippen molar-refractivity contribution in [3.63, 3.8) is 0 Å². The molecule has 1 aromatic heterocycles. The number of nitrogens with two attached hydrogens (primary N) is 1. The number of fused-ring (bicyclic) bond motifs is 1. The summed E-state index contributed by atoms with van der Waals surface area (Å²) in [6.45, 7) is 2.28. The number of aromatic amines is 1. The number of para-hydroxylation sites is 1. The van der Waals surface area contributed by atoms with Crippen LogP contribution >= 0.6 is 0 Å². The molecule has 1 aliphatic heterocycles. The number of sulfonamides is 1. The first kappa shape index (κ1) is 28.5. The zero-order valence-corrected chi connectivity index (χ0v) is 22.7. The standard InChI is InChI=1S/C28H34N4O6S/c1-19-11-13-21(14-12-19)39(37,38)31-16-6-10-24(31)27(34)32(25(28(35)36)9-4-5-15-29)26(33)17-20-18-30-23-8-3-2-7-22(20)23/h2-3,7-8,11-14,18,24-25,30H,4-6,9-10,15-17,29H2,1H3,(H,35,36)/t24-,25-/m0/s1. The highest BCUT2D eigenvalue weighted by Gasteiger charge is 2.45. The number of aryl methyl sites for hydroxylation is 1. The first-order valence-corrected chi connectivity index (χ1v) is 14.5. The zero-order valence-electron chi connectivity index (χ0n) is 21.9. The van der Waals surface area contributed by atoms with E-state index in [-0.39, 0.29) is 30.7 Å². The van der Waals surface area contributed by atoms with E-state index < -0.39 is 39.9 Å². The average molecular weight is 555 g/mol. The van der Waals surface area contributed by atoms with Crippen molar-refractivity contribution in [3.8, 4) is 0 Å². The number of benzene rings is 2. The Labute approximate surface area is 227 Å². The molecule has 208 valence electrons. The van der Waals surface area contributed by atoms with Crippen molar-refractivity contribution < 1.29 is 27.9 Å². The molecule has 0 unspecified atom stereocenters. The molecular formula is C28H34N4O6S. The second kappa shape index (κ2) is 12.1. The molecular weight excluding hydrogens is 520 g/mol. The highest BCUT2D eigenvalue weighted by atomic mass is 32.2. The lowest BCUT2D eigenvalue weighted by Crippen LogP contribution is -2.56. The molecule has 1 aliphatic rings. The summed E-state index contributed by atoms with van der Waals surface area (Å²) in [5.74, 6) is -2.82. The molecule has 1 saturated heterocycles. The number of nitrogens with one attached hydrogen (secondary N) is 1. The van der Waals surface area contributed by atoms with Crippen molar-refractivity contribution in [3.05, 3.63) is 65.9 Å². The van der Waals surface area contributed by atoms with Gasteiger partial charge in [-0.2, -0.15) is 4.31 Å². The molecule has 10 nitrogen and oxygen atoms in total. The molecule has 4 N–H and O–H groups in total. The summed E-state index contributed by atoms with van der Waals surface area (Å²) in [6, 6.07) is 11.1. The Bertz CT molecular complexity index is 1450. The van der Waals surface area contributed by atoms with Gasteiger partial charge in [-0.15, -0.1) is 0 Å². The molecule has 2 amide bonds. The molecule has 0 spiro atoms. The molecule has 11 heteroatoms. The molecule has 0 radical (unpaired) electrons. The summed E-state index contributed by atoms with van der Waals surface area (Å²) in [5, 5.41) is 10.9. The normalized spacial score (nSPS) is 16.8. The summed E-state index contributed by atoms with van der Waals surface area (Å²) < 4.78 is 28.1. The predicted octanol–water partition coefficient (Wildman–Crippen LogP) is 2.81. The van der Waals surface area contributed by atoms with Gasteiger partial charge in [0.15, 0.2) is 0 Å². The Morgan fingerprint density at radius 3 is 2.54 bits per heavy atom. The molecule has 1 fully saturated rings. The third-order valence-electron chi connectivity index (χ3n) is 7.17. The number of carboxylic acids is 1. The predicted molar refractivity (Wildman–Crippen MR) is 146 cm³/mol. The second-order valence-corrected chi connectivity index (χ2v) is 11.8. The minimum absolute atomic E-state index is 0.0231. The number of rotatable bonds is 11. The smallest absolute Gasteiger partial charge is 0.326 e.